The molecule has 0 saturated heterocycles. The molecule has 0 aliphatic heterocycles. The fourth-order valence-electron chi connectivity index (χ4n) is 2.60. The van der Waals surface area contributed by atoms with E-state index in [1.165, 1.54) is 0 Å². The van der Waals surface area contributed by atoms with Gasteiger partial charge in [-0.25, -0.2) is 0 Å². The summed E-state index contributed by atoms with van der Waals surface area (Å²) in [7, 11) is 1.69. The number of hydrogen-bond donors (Lipinski definition) is 1. The zero-order valence-corrected chi connectivity index (χ0v) is 12.9. The molecule has 0 spiro atoms. The van der Waals surface area contributed by atoms with Crippen molar-refractivity contribution in [2.75, 3.05) is 7.11 Å². The van der Waals surface area contributed by atoms with Gasteiger partial charge in [-0.2, -0.15) is 5.10 Å². The highest BCUT2D eigenvalue weighted by atomic mass is 16.5. The molecule has 1 atom stereocenters. The molecule has 2 N–H and O–H groups in total. The highest BCUT2D eigenvalue weighted by Gasteiger charge is 2.18. The highest BCUT2D eigenvalue weighted by molar-refractivity contribution is 5.44. The van der Waals surface area contributed by atoms with E-state index in [0.717, 1.165) is 40.4 Å². The molecule has 0 radical (unpaired) electrons. The molecular formula is C16H23N3O. The lowest BCUT2D eigenvalue weighted by Crippen LogP contribution is -2.18. The Labute approximate surface area is 120 Å². The smallest absolute Gasteiger partial charge is 0.122 e. The first-order valence-corrected chi connectivity index (χ1v) is 6.93. The molecule has 2 rings (SSSR count). The van der Waals surface area contributed by atoms with Crippen LogP contribution in [0.4, 0.5) is 0 Å². The summed E-state index contributed by atoms with van der Waals surface area (Å²) in [5, 5.41) is 4.47. The predicted octanol–water partition coefficient (Wildman–Crippen LogP) is 2.88. The molecular weight excluding hydrogens is 250 g/mol. The quantitative estimate of drug-likeness (QED) is 0.932. The Bertz CT molecular complexity index is 616. The van der Waals surface area contributed by atoms with Crippen molar-refractivity contribution in [3.63, 3.8) is 0 Å². The molecule has 4 heteroatoms. The number of aromatic nitrogens is 2. The largest absolute Gasteiger partial charge is 0.496 e. The molecule has 1 aromatic carbocycles. The molecule has 1 unspecified atom stereocenters. The van der Waals surface area contributed by atoms with Crippen molar-refractivity contribution in [1.82, 2.24) is 9.78 Å². The van der Waals surface area contributed by atoms with E-state index in [4.69, 9.17) is 10.5 Å². The fourth-order valence-corrected chi connectivity index (χ4v) is 2.60. The van der Waals surface area contributed by atoms with Gasteiger partial charge in [0.25, 0.3) is 0 Å². The van der Waals surface area contributed by atoms with Gasteiger partial charge < -0.3 is 10.5 Å². The van der Waals surface area contributed by atoms with Crippen LogP contribution < -0.4 is 10.5 Å². The van der Waals surface area contributed by atoms with Gasteiger partial charge in [0.05, 0.1) is 24.5 Å². The average molecular weight is 273 g/mol. The summed E-state index contributed by atoms with van der Waals surface area (Å²) in [6.45, 7) is 9.00. The van der Waals surface area contributed by atoms with Crippen molar-refractivity contribution >= 4 is 0 Å². The van der Waals surface area contributed by atoms with Crippen LogP contribution in [-0.4, -0.2) is 16.9 Å². The molecule has 20 heavy (non-hydrogen) atoms. The van der Waals surface area contributed by atoms with E-state index in [1.807, 2.05) is 24.6 Å². The second-order valence-electron chi connectivity index (χ2n) is 5.18. The van der Waals surface area contributed by atoms with Crippen molar-refractivity contribution in [3.05, 3.63) is 46.3 Å². The third-order valence-corrected chi connectivity index (χ3v) is 3.67. The number of benzene rings is 1. The minimum absolute atomic E-state index is 0.166. The number of ether oxygens (including phenoxy) is 1. The van der Waals surface area contributed by atoms with Gasteiger partial charge in [0.15, 0.2) is 0 Å². The lowest BCUT2D eigenvalue weighted by molar-refractivity contribution is 0.411. The van der Waals surface area contributed by atoms with Crippen molar-refractivity contribution in [1.29, 1.82) is 0 Å². The summed E-state index contributed by atoms with van der Waals surface area (Å²) < 4.78 is 7.33. The van der Waals surface area contributed by atoms with Gasteiger partial charge in [0.1, 0.15) is 5.75 Å². The van der Waals surface area contributed by atoms with E-state index >= 15 is 0 Å². The van der Waals surface area contributed by atoms with Crippen molar-refractivity contribution in [3.8, 4) is 5.75 Å². The lowest BCUT2D eigenvalue weighted by Gasteiger charge is -2.18. The maximum atomic E-state index is 6.47. The van der Waals surface area contributed by atoms with Crippen LogP contribution in [0.2, 0.25) is 0 Å². The summed E-state index contributed by atoms with van der Waals surface area (Å²) in [4.78, 5) is 0. The summed E-state index contributed by atoms with van der Waals surface area (Å²) >= 11 is 0. The molecule has 4 nitrogen and oxygen atoms in total. The van der Waals surface area contributed by atoms with Gasteiger partial charge in [-0.05, 0) is 56.5 Å². The Balaban J connectivity index is 2.47. The fraction of sp³-hybridized carbons (Fsp3) is 0.438. The van der Waals surface area contributed by atoms with Crippen LogP contribution in [-0.2, 0) is 6.54 Å². The Kier molecular flexibility index (Phi) is 4.14. The second-order valence-corrected chi connectivity index (χ2v) is 5.18. The van der Waals surface area contributed by atoms with E-state index in [0.29, 0.717) is 0 Å². The van der Waals surface area contributed by atoms with Crippen LogP contribution in [0.15, 0.2) is 18.2 Å². The number of nitrogens with zero attached hydrogens (tertiary/aromatic N) is 2. The van der Waals surface area contributed by atoms with Gasteiger partial charge in [-0.1, -0.05) is 6.07 Å². The Morgan fingerprint density at radius 1 is 1.20 bits per heavy atom. The predicted molar refractivity (Wildman–Crippen MR) is 81.1 cm³/mol. The minimum atomic E-state index is -0.166. The van der Waals surface area contributed by atoms with Crippen LogP contribution in [0.3, 0.4) is 0 Å². The summed E-state index contributed by atoms with van der Waals surface area (Å²) in [6, 6.07) is 6.05. The normalized spacial score (nSPS) is 12.5. The van der Waals surface area contributed by atoms with E-state index in [9.17, 15) is 0 Å². The molecule has 0 saturated carbocycles. The molecule has 0 bridgehead atoms. The topological polar surface area (TPSA) is 53.1 Å². The molecule has 2 aromatic rings. The van der Waals surface area contributed by atoms with Crippen molar-refractivity contribution < 1.29 is 4.74 Å². The zero-order chi connectivity index (χ0) is 14.9. The first-order valence-electron chi connectivity index (χ1n) is 6.93. The van der Waals surface area contributed by atoms with Crippen LogP contribution >= 0.6 is 0 Å². The Hall–Kier alpha value is -1.81. The van der Waals surface area contributed by atoms with Crippen LogP contribution in [0.1, 0.15) is 41.0 Å². The van der Waals surface area contributed by atoms with E-state index < -0.39 is 0 Å². The number of methoxy groups -OCH3 is 1. The van der Waals surface area contributed by atoms with Gasteiger partial charge >= 0.3 is 0 Å². The highest BCUT2D eigenvalue weighted by Crippen LogP contribution is 2.29. The van der Waals surface area contributed by atoms with E-state index in [-0.39, 0.29) is 6.04 Å². The monoisotopic (exact) mass is 273 g/mol. The first-order chi connectivity index (χ1) is 9.47. The third-order valence-electron chi connectivity index (χ3n) is 3.67. The first kappa shape index (κ1) is 14.6. The van der Waals surface area contributed by atoms with Crippen molar-refractivity contribution in [2.24, 2.45) is 5.73 Å². The maximum Gasteiger partial charge on any atom is 0.122 e. The van der Waals surface area contributed by atoms with Crippen molar-refractivity contribution in [2.45, 2.75) is 40.3 Å². The average Bonchev–Trinajstić information content (AvgIpc) is 2.81. The van der Waals surface area contributed by atoms with Crippen LogP contribution in [0.5, 0.6) is 5.75 Å². The molecule has 1 aromatic heterocycles. The number of aryl methyl sites for hydroxylation is 4. The molecule has 0 aliphatic carbocycles. The van der Waals surface area contributed by atoms with Crippen LogP contribution in [0.25, 0.3) is 0 Å². The molecule has 0 fully saturated rings. The zero-order valence-electron chi connectivity index (χ0n) is 12.9. The molecule has 108 valence electrons. The second kappa shape index (κ2) is 5.67. The SMILES string of the molecule is CCn1nc(C)cc1C(N)c1cc(C)c(OC)cc1C. The standard InChI is InChI=1S/C16H23N3O/c1-6-19-14(9-12(4)18-19)16(17)13-7-11(3)15(20-5)8-10(13)2/h7-9,16H,6,17H2,1-5H3. The van der Waals surface area contributed by atoms with Gasteiger partial charge in [-0.15, -0.1) is 0 Å². The number of rotatable bonds is 4. The third kappa shape index (κ3) is 2.56. The molecule has 0 amide bonds. The molecule has 0 aliphatic rings. The van der Waals surface area contributed by atoms with E-state index in [2.05, 4.69) is 31.1 Å². The van der Waals surface area contributed by atoms with E-state index in [1.54, 1.807) is 7.11 Å². The summed E-state index contributed by atoms with van der Waals surface area (Å²) in [5.74, 6) is 0.902. The Morgan fingerprint density at radius 3 is 2.50 bits per heavy atom. The van der Waals surface area contributed by atoms with Gasteiger partial charge in [-0.3, -0.25) is 4.68 Å². The van der Waals surface area contributed by atoms with Crippen LogP contribution in [0, 0.1) is 20.8 Å². The summed E-state index contributed by atoms with van der Waals surface area (Å²) in [5.41, 5.74) is 11.9. The minimum Gasteiger partial charge on any atom is -0.496 e. The molecule has 1 heterocycles. The van der Waals surface area contributed by atoms with Gasteiger partial charge in [0, 0.05) is 6.54 Å². The Morgan fingerprint density at radius 2 is 1.90 bits per heavy atom. The lowest BCUT2D eigenvalue weighted by atomic mass is 9.96. The maximum absolute atomic E-state index is 6.47. The summed E-state index contributed by atoms with van der Waals surface area (Å²) in [6.07, 6.45) is 0. The number of hydrogen-bond acceptors (Lipinski definition) is 3. The van der Waals surface area contributed by atoms with Gasteiger partial charge in [0.2, 0.25) is 0 Å². The number of nitrogens with two attached hydrogens (primary N) is 1.